The smallest absolute Gasteiger partial charge is 0.0875 e. The van der Waals surface area contributed by atoms with Gasteiger partial charge in [-0.15, -0.1) is 0 Å². The third-order valence-electron chi connectivity index (χ3n) is 2.84. The van der Waals surface area contributed by atoms with Gasteiger partial charge in [0.05, 0.1) is 12.7 Å². The number of aliphatic hydroxyl groups is 1. The lowest BCUT2D eigenvalue weighted by Gasteiger charge is -2.29. The van der Waals surface area contributed by atoms with Crippen molar-refractivity contribution in [2.45, 2.75) is 19.4 Å². The van der Waals surface area contributed by atoms with Gasteiger partial charge in [-0.25, -0.2) is 0 Å². The Morgan fingerprint density at radius 2 is 2.29 bits per heavy atom. The highest BCUT2D eigenvalue weighted by Crippen LogP contribution is 2.32. The Bertz CT molecular complexity index is 309. The van der Waals surface area contributed by atoms with Crippen molar-refractivity contribution in [1.82, 2.24) is 0 Å². The molecule has 0 saturated heterocycles. The van der Waals surface area contributed by atoms with Crippen LogP contribution < -0.4 is 0 Å². The van der Waals surface area contributed by atoms with Gasteiger partial charge in [-0.05, 0) is 17.5 Å². The van der Waals surface area contributed by atoms with Gasteiger partial charge in [0.1, 0.15) is 0 Å². The maximum absolute atomic E-state index is 9.13. The van der Waals surface area contributed by atoms with Crippen molar-refractivity contribution in [3.8, 4) is 0 Å². The van der Waals surface area contributed by atoms with Crippen LogP contribution in [-0.4, -0.2) is 18.3 Å². The second kappa shape index (κ2) is 4.11. The molecular weight excluding hydrogens is 176 g/mol. The van der Waals surface area contributed by atoms with Gasteiger partial charge in [0.2, 0.25) is 0 Å². The zero-order chi connectivity index (χ0) is 9.97. The van der Waals surface area contributed by atoms with E-state index in [0.717, 1.165) is 13.0 Å². The summed E-state index contributed by atoms with van der Waals surface area (Å²) in [6.07, 6.45) is 1.06. The van der Waals surface area contributed by atoms with E-state index in [9.17, 15) is 0 Å². The predicted molar refractivity (Wildman–Crippen MR) is 55.1 cm³/mol. The minimum absolute atomic E-state index is 0.0740. The normalized spacial score (nSPS) is 22.9. The molecule has 2 nitrogen and oxygen atoms in total. The van der Waals surface area contributed by atoms with E-state index in [1.54, 1.807) is 0 Å². The first-order valence-electron chi connectivity index (χ1n) is 5.13. The third kappa shape index (κ3) is 1.68. The van der Waals surface area contributed by atoms with Crippen LogP contribution in [0.5, 0.6) is 0 Å². The standard InChI is InChI=1S/C12H16O2/c1-9(8-13)12-11-5-3-2-4-10(11)6-7-14-12/h2-5,9,12-13H,6-8H2,1H3/t9-,12?/m1/s1. The number of rotatable bonds is 2. The minimum atomic E-state index is 0.0740. The number of aliphatic hydroxyl groups excluding tert-OH is 1. The molecule has 1 aliphatic rings. The lowest BCUT2D eigenvalue weighted by Crippen LogP contribution is -2.23. The van der Waals surface area contributed by atoms with Crippen LogP contribution in [0.2, 0.25) is 0 Å². The average Bonchev–Trinajstić information content (AvgIpc) is 2.27. The van der Waals surface area contributed by atoms with Crippen molar-refractivity contribution < 1.29 is 9.84 Å². The fourth-order valence-corrected chi connectivity index (χ4v) is 1.99. The third-order valence-corrected chi connectivity index (χ3v) is 2.84. The molecular formula is C12H16O2. The Labute approximate surface area is 84.5 Å². The van der Waals surface area contributed by atoms with Crippen molar-refractivity contribution in [3.05, 3.63) is 35.4 Å². The fourth-order valence-electron chi connectivity index (χ4n) is 1.99. The molecule has 1 aliphatic heterocycles. The predicted octanol–water partition coefficient (Wildman–Crippen LogP) is 1.93. The SMILES string of the molecule is C[C@H](CO)C1OCCc2ccccc21. The van der Waals surface area contributed by atoms with E-state index >= 15 is 0 Å². The Hall–Kier alpha value is -0.860. The van der Waals surface area contributed by atoms with E-state index in [4.69, 9.17) is 9.84 Å². The summed E-state index contributed by atoms with van der Waals surface area (Å²) in [5.74, 6) is 0.177. The van der Waals surface area contributed by atoms with Crippen molar-refractivity contribution in [2.24, 2.45) is 5.92 Å². The van der Waals surface area contributed by atoms with Gasteiger partial charge >= 0.3 is 0 Å². The number of hydrogen-bond donors (Lipinski definition) is 1. The largest absolute Gasteiger partial charge is 0.396 e. The maximum Gasteiger partial charge on any atom is 0.0875 e. The van der Waals surface area contributed by atoms with Gasteiger partial charge in [0, 0.05) is 12.5 Å². The Kier molecular flexibility index (Phi) is 2.85. The summed E-state index contributed by atoms with van der Waals surface area (Å²) in [7, 11) is 0. The highest BCUT2D eigenvalue weighted by Gasteiger charge is 2.24. The quantitative estimate of drug-likeness (QED) is 0.775. The van der Waals surface area contributed by atoms with Crippen molar-refractivity contribution >= 4 is 0 Å². The highest BCUT2D eigenvalue weighted by molar-refractivity contribution is 5.31. The van der Waals surface area contributed by atoms with E-state index < -0.39 is 0 Å². The first kappa shape index (κ1) is 9.69. The van der Waals surface area contributed by atoms with E-state index in [1.807, 2.05) is 13.0 Å². The van der Waals surface area contributed by atoms with Crippen LogP contribution in [-0.2, 0) is 11.2 Å². The molecule has 1 N–H and O–H groups in total. The second-order valence-electron chi connectivity index (χ2n) is 3.90. The van der Waals surface area contributed by atoms with Gasteiger partial charge in [-0.1, -0.05) is 31.2 Å². The van der Waals surface area contributed by atoms with Crippen LogP contribution in [0.15, 0.2) is 24.3 Å². The number of ether oxygens (including phenoxy) is 1. The van der Waals surface area contributed by atoms with E-state index in [-0.39, 0.29) is 18.6 Å². The number of fused-ring (bicyclic) bond motifs is 1. The van der Waals surface area contributed by atoms with Gasteiger partial charge in [-0.3, -0.25) is 0 Å². The lowest BCUT2D eigenvalue weighted by molar-refractivity contribution is -0.0103. The molecule has 0 saturated carbocycles. The summed E-state index contributed by atoms with van der Waals surface area (Å²) in [5.41, 5.74) is 2.62. The zero-order valence-corrected chi connectivity index (χ0v) is 8.44. The van der Waals surface area contributed by atoms with E-state index in [1.165, 1.54) is 11.1 Å². The molecule has 1 unspecified atom stereocenters. The van der Waals surface area contributed by atoms with Crippen molar-refractivity contribution in [1.29, 1.82) is 0 Å². The van der Waals surface area contributed by atoms with Gasteiger partial charge in [-0.2, -0.15) is 0 Å². The zero-order valence-electron chi connectivity index (χ0n) is 8.44. The highest BCUT2D eigenvalue weighted by atomic mass is 16.5. The molecule has 0 bridgehead atoms. The fraction of sp³-hybridized carbons (Fsp3) is 0.500. The van der Waals surface area contributed by atoms with Crippen LogP contribution in [0, 0.1) is 5.92 Å². The molecule has 0 spiro atoms. The minimum Gasteiger partial charge on any atom is -0.396 e. The van der Waals surface area contributed by atoms with Crippen LogP contribution in [0.1, 0.15) is 24.2 Å². The molecule has 0 radical (unpaired) electrons. The van der Waals surface area contributed by atoms with Crippen LogP contribution in [0.25, 0.3) is 0 Å². The molecule has 2 rings (SSSR count). The number of hydrogen-bond acceptors (Lipinski definition) is 2. The van der Waals surface area contributed by atoms with Crippen LogP contribution in [0.3, 0.4) is 0 Å². The Morgan fingerprint density at radius 1 is 1.50 bits per heavy atom. The molecule has 1 heterocycles. The average molecular weight is 192 g/mol. The summed E-state index contributed by atoms with van der Waals surface area (Å²) >= 11 is 0. The lowest BCUT2D eigenvalue weighted by atomic mass is 9.91. The molecule has 2 atom stereocenters. The summed E-state index contributed by atoms with van der Waals surface area (Å²) in [6.45, 7) is 2.97. The van der Waals surface area contributed by atoms with Crippen LogP contribution >= 0.6 is 0 Å². The molecule has 0 aromatic heterocycles. The summed E-state index contributed by atoms with van der Waals surface area (Å²) in [5, 5.41) is 9.13. The first-order chi connectivity index (χ1) is 6.83. The van der Waals surface area contributed by atoms with Gasteiger partial charge in [0.25, 0.3) is 0 Å². The molecule has 0 fully saturated rings. The van der Waals surface area contributed by atoms with Gasteiger partial charge < -0.3 is 9.84 Å². The monoisotopic (exact) mass is 192 g/mol. The summed E-state index contributed by atoms with van der Waals surface area (Å²) < 4.78 is 5.70. The van der Waals surface area contributed by atoms with Gasteiger partial charge in [0.15, 0.2) is 0 Å². The van der Waals surface area contributed by atoms with E-state index in [0.29, 0.717) is 0 Å². The van der Waals surface area contributed by atoms with Crippen molar-refractivity contribution in [2.75, 3.05) is 13.2 Å². The topological polar surface area (TPSA) is 29.5 Å². The molecule has 14 heavy (non-hydrogen) atoms. The Balaban J connectivity index is 2.30. The summed E-state index contributed by atoms with van der Waals surface area (Å²) in [4.78, 5) is 0. The second-order valence-corrected chi connectivity index (χ2v) is 3.90. The molecule has 0 amide bonds. The molecule has 76 valence electrons. The molecule has 0 aliphatic carbocycles. The first-order valence-corrected chi connectivity index (χ1v) is 5.13. The number of benzene rings is 1. The van der Waals surface area contributed by atoms with E-state index in [2.05, 4.69) is 18.2 Å². The maximum atomic E-state index is 9.13. The Morgan fingerprint density at radius 3 is 3.07 bits per heavy atom. The summed E-state index contributed by atoms with van der Waals surface area (Å²) in [6, 6.07) is 8.34. The van der Waals surface area contributed by atoms with Crippen LogP contribution in [0.4, 0.5) is 0 Å². The molecule has 1 aromatic rings. The molecule has 1 aromatic carbocycles. The van der Waals surface area contributed by atoms with Crippen molar-refractivity contribution in [3.63, 3.8) is 0 Å². The molecule has 2 heteroatoms.